The van der Waals surface area contributed by atoms with Crippen molar-refractivity contribution in [3.05, 3.63) is 57.9 Å². The number of hydrogen-bond acceptors (Lipinski definition) is 7. The van der Waals surface area contributed by atoms with Crippen LogP contribution < -0.4 is 10.2 Å². The van der Waals surface area contributed by atoms with Gasteiger partial charge in [0.2, 0.25) is 5.91 Å². The molecule has 0 bridgehead atoms. The van der Waals surface area contributed by atoms with Gasteiger partial charge in [-0.2, -0.15) is 0 Å². The molecular weight excluding hydrogens is 535 g/mol. The summed E-state index contributed by atoms with van der Waals surface area (Å²) in [5.74, 6) is 0.810. The molecule has 2 aromatic heterocycles. The van der Waals surface area contributed by atoms with Crippen LogP contribution in [0.25, 0.3) is 22.6 Å². The largest absolute Gasteiger partial charge is 0.372 e. The lowest BCUT2D eigenvalue weighted by Gasteiger charge is -2.21. The summed E-state index contributed by atoms with van der Waals surface area (Å²) in [6.45, 7) is 8.95. The van der Waals surface area contributed by atoms with E-state index >= 15 is 0 Å². The SMILES string of the molecule is CCN(CC)c1ccc(-c2nnc(SCC(=O)Nc3nc(-c4ccc(Cl)cc4Cl)cs3)n2CC)cc1. The fourth-order valence-corrected chi connectivity index (χ4v) is 5.78. The molecule has 7 nitrogen and oxygen atoms in total. The molecule has 36 heavy (non-hydrogen) atoms. The van der Waals surface area contributed by atoms with Gasteiger partial charge in [0.25, 0.3) is 0 Å². The van der Waals surface area contributed by atoms with E-state index in [0.29, 0.717) is 32.6 Å². The van der Waals surface area contributed by atoms with E-state index in [4.69, 9.17) is 23.2 Å². The summed E-state index contributed by atoms with van der Waals surface area (Å²) in [6, 6.07) is 13.6. The van der Waals surface area contributed by atoms with Gasteiger partial charge in [-0.05, 0) is 63.2 Å². The third-order valence-corrected chi connectivity index (χ3v) is 7.85. The lowest BCUT2D eigenvalue weighted by Crippen LogP contribution is -2.21. The van der Waals surface area contributed by atoms with E-state index in [-0.39, 0.29) is 11.7 Å². The molecule has 0 radical (unpaired) electrons. The lowest BCUT2D eigenvalue weighted by molar-refractivity contribution is -0.113. The zero-order chi connectivity index (χ0) is 25.7. The first-order valence-electron chi connectivity index (χ1n) is 11.6. The zero-order valence-corrected chi connectivity index (χ0v) is 23.3. The molecule has 4 aromatic rings. The van der Waals surface area contributed by atoms with Crippen LogP contribution in [0.1, 0.15) is 20.8 Å². The number of nitrogens with zero attached hydrogens (tertiary/aromatic N) is 5. The quantitative estimate of drug-likeness (QED) is 0.211. The molecule has 0 saturated heterocycles. The molecule has 0 fully saturated rings. The van der Waals surface area contributed by atoms with E-state index in [1.54, 1.807) is 12.1 Å². The monoisotopic (exact) mass is 560 g/mol. The highest BCUT2D eigenvalue weighted by molar-refractivity contribution is 7.99. The Morgan fingerprint density at radius 1 is 1.08 bits per heavy atom. The van der Waals surface area contributed by atoms with Gasteiger partial charge in [-0.15, -0.1) is 21.5 Å². The average molecular weight is 562 g/mol. The number of thioether (sulfide) groups is 1. The number of halogens is 2. The number of rotatable bonds is 10. The minimum absolute atomic E-state index is 0.168. The number of nitrogens with one attached hydrogen (secondary N) is 1. The van der Waals surface area contributed by atoms with Crippen LogP contribution in [0.5, 0.6) is 0 Å². The molecule has 0 spiro atoms. The molecule has 11 heteroatoms. The van der Waals surface area contributed by atoms with Crippen LogP contribution in [0.15, 0.2) is 53.0 Å². The first-order chi connectivity index (χ1) is 17.4. The predicted octanol–water partition coefficient (Wildman–Crippen LogP) is 6.97. The van der Waals surface area contributed by atoms with Crippen LogP contribution in [0.4, 0.5) is 10.8 Å². The van der Waals surface area contributed by atoms with Crippen LogP contribution in [-0.4, -0.2) is 44.5 Å². The fraction of sp³-hybridized carbons (Fsp3) is 0.280. The molecule has 1 amide bonds. The van der Waals surface area contributed by atoms with E-state index in [0.717, 1.165) is 30.0 Å². The predicted molar refractivity (Wildman–Crippen MR) is 152 cm³/mol. The molecule has 4 rings (SSSR count). The van der Waals surface area contributed by atoms with Gasteiger partial charge in [-0.1, -0.05) is 35.0 Å². The van der Waals surface area contributed by atoms with Crippen LogP contribution in [0.3, 0.4) is 0 Å². The van der Waals surface area contributed by atoms with Gasteiger partial charge < -0.3 is 14.8 Å². The summed E-state index contributed by atoms with van der Waals surface area (Å²) in [7, 11) is 0. The molecule has 2 aromatic carbocycles. The molecule has 0 aliphatic carbocycles. The van der Waals surface area contributed by atoms with E-state index in [1.807, 2.05) is 22.9 Å². The maximum absolute atomic E-state index is 12.6. The average Bonchev–Trinajstić information content (AvgIpc) is 3.50. The third-order valence-electron chi connectivity index (χ3n) is 5.58. The summed E-state index contributed by atoms with van der Waals surface area (Å²) in [6.07, 6.45) is 0. The minimum Gasteiger partial charge on any atom is -0.372 e. The number of hydrogen-bond donors (Lipinski definition) is 1. The number of thiazole rings is 1. The molecule has 0 atom stereocenters. The molecule has 0 saturated carbocycles. The van der Waals surface area contributed by atoms with Crippen LogP contribution in [-0.2, 0) is 11.3 Å². The number of carbonyl (C=O) groups is 1. The van der Waals surface area contributed by atoms with Crippen molar-refractivity contribution < 1.29 is 4.79 Å². The first kappa shape index (κ1) is 26.5. The third kappa shape index (κ3) is 6.03. The van der Waals surface area contributed by atoms with Crippen molar-refractivity contribution in [2.75, 3.05) is 29.1 Å². The Balaban J connectivity index is 1.40. The van der Waals surface area contributed by atoms with Crippen molar-refractivity contribution in [2.45, 2.75) is 32.5 Å². The standard InChI is InChI=1S/C25H26Cl2N6OS2/c1-4-32(5-2)18-10-7-16(8-11-18)23-30-31-25(33(23)6-3)36-15-22(34)29-24-28-21(14-35-24)19-12-9-17(26)13-20(19)27/h7-14H,4-6,15H2,1-3H3,(H,28,29,34). The Kier molecular flexibility index (Phi) is 8.90. The Hall–Kier alpha value is -2.59. The zero-order valence-electron chi connectivity index (χ0n) is 20.2. The molecule has 0 aliphatic rings. The molecule has 0 aliphatic heterocycles. The number of aromatic nitrogens is 4. The number of carbonyl (C=O) groups excluding carboxylic acids is 1. The molecular formula is C25H26Cl2N6OS2. The van der Waals surface area contributed by atoms with Crippen LogP contribution >= 0.6 is 46.3 Å². The molecule has 188 valence electrons. The second-order valence-corrected chi connectivity index (χ2v) is 10.4. The molecule has 1 N–H and O–H groups in total. The van der Waals surface area contributed by atoms with Crippen LogP contribution in [0, 0.1) is 0 Å². The number of benzene rings is 2. The van der Waals surface area contributed by atoms with E-state index in [1.165, 1.54) is 28.8 Å². The van der Waals surface area contributed by atoms with Gasteiger partial charge in [-0.3, -0.25) is 4.79 Å². The van der Waals surface area contributed by atoms with Gasteiger partial charge in [0.15, 0.2) is 16.1 Å². The van der Waals surface area contributed by atoms with Crippen LogP contribution in [0.2, 0.25) is 10.0 Å². The maximum atomic E-state index is 12.6. The highest BCUT2D eigenvalue weighted by Crippen LogP contribution is 2.32. The summed E-state index contributed by atoms with van der Waals surface area (Å²) >= 11 is 14.9. The highest BCUT2D eigenvalue weighted by Gasteiger charge is 2.16. The normalized spacial score (nSPS) is 11.0. The van der Waals surface area contributed by atoms with Gasteiger partial charge in [0, 0.05) is 46.9 Å². The Morgan fingerprint density at radius 3 is 2.50 bits per heavy atom. The van der Waals surface area contributed by atoms with Gasteiger partial charge in [0.1, 0.15) is 0 Å². The highest BCUT2D eigenvalue weighted by atomic mass is 35.5. The summed E-state index contributed by atoms with van der Waals surface area (Å²) < 4.78 is 2.02. The summed E-state index contributed by atoms with van der Waals surface area (Å²) in [5, 5.41) is 15.7. The van der Waals surface area contributed by atoms with Gasteiger partial charge in [-0.25, -0.2) is 4.98 Å². The Labute approximate surface area is 228 Å². The number of amides is 1. The van der Waals surface area contributed by atoms with Crippen molar-refractivity contribution in [1.82, 2.24) is 19.7 Å². The maximum Gasteiger partial charge on any atom is 0.236 e. The van der Waals surface area contributed by atoms with E-state index in [2.05, 4.69) is 63.5 Å². The second-order valence-electron chi connectivity index (χ2n) is 7.77. The second kappa shape index (κ2) is 12.1. The topological polar surface area (TPSA) is 75.9 Å². The molecule has 2 heterocycles. The first-order valence-corrected chi connectivity index (χ1v) is 14.2. The minimum atomic E-state index is -0.168. The Bertz CT molecular complexity index is 1330. The number of anilines is 2. The van der Waals surface area contributed by atoms with Crippen molar-refractivity contribution in [3.63, 3.8) is 0 Å². The van der Waals surface area contributed by atoms with E-state index < -0.39 is 0 Å². The van der Waals surface area contributed by atoms with Crippen molar-refractivity contribution in [2.24, 2.45) is 0 Å². The van der Waals surface area contributed by atoms with Crippen molar-refractivity contribution in [3.8, 4) is 22.6 Å². The van der Waals surface area contributed by atoms with Crippen molar-refractivity contribution in [1.29, 1.82) is 0 Å². The summed E-state index contributed by atoms with van der Waals surface area (Å²) in [4.78, 5) is 19.4. The van der Waals surface area contributed by atoms with Gasteiger partial charge >= 0.3 is 0 Å². The lowest BCUT2D eigenvalue weighted by atomic mass is 10.2. The summed E-state index contributed by atoms with van der Waals surface area (Å²) in [5.41, 5.74) is 3.63. The molecule has 0 unspecified atom stereocenters. The Morgan fingerprint density at radius 2 is 1.83 bits per heavy atom. The van der Waals surface area contributed by atoms with E-state index in [9.17, 15) is 4.79 Å². The smallest absolute Gasteiger partial charge is 0.236 e. The fourth-order valence-electron chi connectivity index (χ4n) is 3.74. The van der Waals surface area contributed by atoms with Crippen molar-refractivity contribution >= 4 is 63.0 Å². The van der Waals surface area contributed by atoms with Gasteiger partial charge in [0.05, 0.1) is 16.5 Å².